The summed E-state index contributed by atoms with van der Waals surface area (Å²) in [5.41, 5.74) is 22.4. The van der Waals surface area contributed by atoms with Crippen molar-refractivity contribution in [3.63, 3.8) is 0 Å². The summed E-state index contributed by atoms with van der Waals surface area (Å²) in [6, 6.07) is 92.9. The maximum absolute atomic E-state index is 7.55. The Morgan fingerprint density at radius 3 is 1.45 bits per heavy atom. The van der Waals surface area contributed by atoms with E-state index in [4.69, 9.17) is 8.83 Å². The molecule has 5 heteroatoms. The minimum atomic E-state index is 0. The molecule has 84 heavy (non-hydrogen) atoms. The average Bonchev–Trinajstić information content (AvgIpc) is 3.59. The zero-order valence-corrected chi connectivity index (χ0v) is 45.1. The van der Waals surface area contributed by atoms with E-state index in [1.807, 2.05) is 0 Å². The Hall–Kier alpha value is -10.9. The van der Waals surface area contributed by atoms with Crippen molar-refractivity contribution < 1.29 is 8.83 Å². The van der Waals surface area contributed by atoms with E-state index in [0.717, 1.165) is 124 Å². The van der Waals surface area contributed by atoms with Gasteiger partial charge in [0, 0.05) is 87.6 Å². The summed E-state index contributed by atoms with van der Waals surface area (Å²) in [5.74, 6) is 0. The van der Waals surface area contributed by atoms with Gasteiger partial charge in [0.1, 0.15) is 22.3 Å². The van der Waals surface area contributed by atoms with E-state index < -0.39 is 0 Å². The molecule has 0 radical (unpaired) electrons. The van der Waals surface area contributed by atoms with Gasteiger partial charge in [0.15, 0.2) is 0 Å². The first-order valence-corrected chi connectivity index (χ1v) is 28.7. The van der Waals surface area contributed by atoms with Crippen molar-refractivity contribution in [2.75, 3.05) is 0 Å². The van der Waals surface area contributed by atoms with Crippen LogP contribution in [-0.2, 0) is 0 Å². The fraction of sp³-hybridized carbons (Fsp3) is 0.0380. The second kappa shape index (κ2) is 18.6. The van der Waals surface area contributed by atoms with Crippen LogP contribution >= 0.6 is 0 Å². The van der Waals surface area contributed by atoms with E-state index in [1.165, 1.54) is 60.1 Å². The van der Waals surface area contributed by atoms with Crippen molar-refractivity contribution in [1.29, 1.82) is 0 Å². The quantitative estimate of drug-likeness (QED) is 0.160. The van der Waals surface area contributed by atoms with Gasteiger partial charge in [-0.1, -0.05) is 183 Å². The van der Waals surface area contributed by atoms with Gasteiger partial charge >= 0.3 is 0 Å². The summed E-state index contributed by atoms with van der Waals surface area (Å²) in [5, 5.41) is 11.6. The third-order valence-electron chi connectivity index (χ3n) is 17.6. The number of aromatic nitrogens is 3. The molecular formula is C79H53N3O2. The Bertz CT molecular complexity index is 5580. The predicted molar refractivity (Wildman–Crippen MR) is 354 cm³/mol. The fourth-order valence-electron chi connectivity index (χ4n) is 14.0. The van der Waals surface area contributed by atoms with Crippen molar-refractivity contribution >= 4 is 115 Å². The lowest BCUT2D eigenvalue weighted by atomic mass is 9.91. The number of fused-ring (bicyclic) bond motifs is 15. The summed E-state index contributed by atoms with van der Waals surface area (Å²) in [7, 11) is 0. The lowest BCUT2D eigenvalue weighted by Gasteiger charge is -2.14. The number of nitrogens with zero attached hydrogens (tertiary/aromatic N) is 3. The van der Waals surface area contributed by atoms with Crippen molar-refractivity contribution in [3.05, 3.63) is 273 Å². The summed E-state index contributed by atoms with van der Waals surface area (Å²) in [6.07, 6.45) is 9.02. The number of hydrogen-bond donors (Lipinski definition) is 0. The molecule has 0 saturated heterocycles. The number of para-hydroxylation sites is 7. The first kappa shape index (κ1) is 47.9. The molecule has 1 aliphatic rings. The van der Waals surface area contributed by atoms with Gasteiger partial charge in [-0.15, -0.1) is 0 Å². The van der Waals surface area contributed by atoms with Crippen LogP contribution < -0.4 is 0 Å². The molecule has 17 aromatic rings. The molecule has 0 spiro atoms. The number of furan rings is 2. The van der Waals surface area contributed by atoms with Crippen LogP contribution in [0.5, 0.6) is 0 Å². The molecule has 0 amide bonds. The lowest BCUT2D eigenvalue weighted by Crippen LogP contribution is -1.96. The second-order valence-corrected chi connectivity index (χ2v) is 22.2. The van der Waals surface area contributed by atoms with Gasteiger partial charge in [0.2, 0.25) is 0 Å². The normalized spacial score (nSPS) is 12.8. The Morgan fingerprint density at radius 2 is 0.762 bits per heavy atom. The van der Waals surface area contributed by atoms with Gasteiger partial charge in [0.05, 0.1) is 33.1 Å². The van der Waals surface area contributed by atoms with Gasteiger partial charge in [-0.2, -0.15) is 0 Å². The summed E-state index contributed by atoms with van der Waals surface area (Å²) in [6.45, 7) is 0. The Kier molecular flexibility index (Phi) is 10.6. The zero-order valence-electron chi connectivity index (χ0n) is 45.1. The van der Waals surface area contributed by atoms with Crippen molar-refractivity contribution in [3.8, 4) is 55.9 Å². The third kappa shape index (κ3) is 7.02. The maximum atomic E-state index is 7.55. The second-order valence-electron chi connectivity index (χ2n) is 22.2. The van der Waals surface area contributed by atoms with E-state index in [9.17, 15) is 0 Å². The number of hydrogen-bond acceptors (Lipinski definition) is 2. The minimum absolute atomic E-state index is 0. The Morgan fingerprint density at radius 1 is 0.274 bits per heavy atom. The van der Waals surface area contributed by atoms with Crippen LogP contribution in [0.3, 0.4) is 0 Å². The van der Waals surface area contributed by atoms with E-state index in [0.29, 0.717) is 0 Å². The molecule has 0 saturated carbocycles. The van der Waals surface area contributed by atoms with Crippen molar-refractivity contribution in [2.45, 2.75) is 20.3 Å². The largest absolute Gasteiger partial charge is 0.455 e. The van der Waals surface area contributed by atoms with Crippen molar-refractivity contribution in [1.82, 2.24) is 13.7 Å². The number of allylic oxidation sites excluding steroid dienone is 4. The SMILES string of the molecule is C.C1=CC(n2c3ccccc3c3cc(-c4cc(-c5ccc6c(c5)c5ccccc5n6-c5ccccc5)cc5c4oc4c(-c6ccccc6-c6cc(-n7c8ccccc8c8ccccc87)cc7c6oc6ccccc67)cccc45)ccc32)=CCC1. The highest BCUT2D eigenvalue weighted by molar-refractivity contribution is 6.19. The molecule has 5 heterocycles. The molecule has 5 nitrogen and oxygen atoms in total. The average molecular weight is 1080 g/mol. The van der Waals surface area contributed by atoms with Crippen LogP contribution in [0.1, 0.15) is 20.3 Å². The van der Waals surface area contributed by atoms with Gasteiger partial charge in [-0.25, -0.2) is 0 Å². The van der Waals surface area contributed by atoms with E-state index in [-0.39, 0.29) is 7.43 Å². The molecule has 396 valence electrons. The highest BCUT2D eigenvalue weighted by Gasteiger charge is 2.25. The predicted octanol–water partition coefficient (Wildman–Crippen LogP) is 22.3. The molecule has 1 aliphatic carbocycles. The summed E-state index contributed by atoms with van der Waals surface area (Å²) < 4.78 is 21.7. The summed E-state index contributed by atoms with van der Waals surface area (Å²) >= 11 is 0. The van der Waals surface area contributed by atoms with Crippen LogP contribution in [0.25, 0.3) is 171 Å². The van der Waals surface area contributed by atoms with E-state index >= 15 is 0 Å². The molecule has 0 unspecified atom stereocenters. The van der Waals surface area contributed by atoms with Crippen LogP contribution in [0, 0.1) is 0 Å². The smallest absolute Gasteiger partial charge is 0.143 e. The Labute approximate surface area is 484 Å². The van der Waals surface area contributed by atoms with Crippen LogP contribution in [0.15, 0.2) is 282 Å². The van der Waals surface area contributed by atoms with Gasteiger partial charge in [-0.05, 0) is 138 Å². The molecule has 0 fully saturated rings. The van der Waals surface area contributed by atoms with E-state index in [1.54, 1.807) is 0 Å². The zero-order chi connectivity index (χ0) is 54.3. The molecule has 0 atom stereocenters. The first-order valence-electron chi connectivity index (χ1n) is 28.7. The first-order chi connectivity index (χ1) is 41.2. The molecule has 18 rings (SSSR count). The molecular weight excluding hydrogens is 1020 g/mol. The lowest BCUT2D eigenvalue weighted by molar-refractivity contribution is 0.669. The van der Waals surface area contributed by atoms with Gasteiger partial charge < -0.3 is 22.5 Å². The number of benzene rings is 12. The summed E-state index contributed by atoms with van der Waals surface area (Å²) in [4.78, 5) is 0. The molecule has 0 N–H and O–H groups in total. The highest BCUT2D eigenvalue weighted by Crippen LogP contribution is 2.48. The molecule has 0 aliphatic heterocycles. The standard InChI is InChI=1S/C78H49N3O2.CH4/c1-3-20-51(21-4-1)79-71-35-16-11-28-58(71)64-42-48(38-40-73(64)79)50-44-63(49-39-41-74-65(43-49)59-29-12-17-36-72(59)80(74)52-22-5-2-6-23-52)77-66(45-50)62-32-19-31-61(76(62)83-77)54-24-7-8-25-55(54)67-46-53(47-68-60-30-13-18-37-75(60)82-78(67)68)81-69-33-14-9-26-56(69)57-27-10-15-34-70(57)81;/h1,3-5,7-47H,2,6H2;1H4. The van der Waals surface area contributed by atoms with Crippen LogP contribution in [-0.4, -0.2) is 13.7 Å². The topological polar surface area (TPSA) is 41.1 Å². The van der Waals surface area contributed by atoms with Crippen LogP contribution in [0.4, 0.5) is 0 Å². The molecule has 5 aromatic heterocycles. The fourth-order valence-corrected chi connectivity index (χ4v) is 14.0. The van der Waals surface area contributed by atoms with Gasteiger partial charge in [-0.3, -0.25) is 0 Å². The number of rotatable bonds is 7. The Balaban J connectivity index is 0.00000556. The van der Waals surface area contributed by atoms with E-state index in [2.05, 4.69) is 287 Å². The maximum Gasteiger partial charge on any atom is 0.143 e. The van der Waals surface area contributed by atoms with Gasteiger partial charge in [0.25, 0.3) is 0 Å². The molecule has 0 bridgehead atoms. The van der Waals surface area contributed by atoms with Crippen molar-refractivity contribution in [2.24, 2.45) is 0 Å². The van der Waals surface area contributed by atoms with Crippen LogP contribution in [0.2, 0.25) is 0 Å². The minimum Gasteiger partial charge on any atom is -0.455 e. The third-order valence-corrected chi connectivity index (χ3v) is 17.6. The molecule has 12 aromatic carbocycles. The highest BCUT2D eigenvalue weighted by atomic mass is 16.3. The monoisotopic (exact) mass is 1080 g/mol.